The number of ether oxygens (including phenoxy) is 1. The lowest BCUT2D eigenvalue weighted by Gasteiger charge is -2.24. The van der Waals surface area contributed by atoms with Gasteiger partial charge in [-0.15, -0.1) is 0 Å². The summed E-state index contributed by atoms with van der Waals surface area (Å²) in [6.45, 7) is 1.20. The highest BCUT2D eigenvalue weighted by Crippen LogP contribution is 2.21. The van der Waals surface area contributed by atoms with Crippen LogP contribution < -0.4 is 4.74 Å². The topological polar surface area (TPSA) is 42.4 Å². The molecular weight excluding hydrogens is 252 g/mol. The van der Waals surface area contributed by atoms with Crippen molar-refractivity contribution in [2.75, 3.05) is 13.6 Å². The molecule has 0 aliphatic carbocycles. The zero-order valence-corrected chi connectivity index (χ0v) is 11.4. The van der Waals surface area contributed by atoms with Gasteiger partial charge in [-0.1, -0.05) is 30.3 Å². The van der Waals surface area contributed by atoms with Crippen molar-refractivity contribution in [3.8, 4) is 5.75 Å². The monoisotopic (exact) mass is 268 g/mol. The fourth-order valence-electron chi connectivity index (χ4n) is 2.26. The predicted molar refractivity (Wildman–Crippen MR) is 75.7 cm³/mol. The Labute approximate surface area is 118 Å². The van der Waals surface area contributed by atoms with E-state index in [1.54, 1.807) is 17.2 Å². The quantitative estimate of drug-likeness (QED) is 0.857. The number of amides is 1. The van der Waals surface area contributed by atoms with Gasteiger partial charge in [0.2, 0.25) is 0 Å². The summed E-state index contributed by atoms with van der Waals surface area (Å²) in [7, 11) is 1.81. The molecule has 4 heteroatoms. The van der Waals surface area contributed by atoms with Crippen LogP contribution in [0.2, 0.25) is 0 Å². The van der Waals surface area contributed by atoms with Gasteiger partial charge >= 0.3 is 0 Å². The molecule has 1 aliphatic heterocycles. The minimum absolute atomic E-state index is 0.0175. The maximum absolute atomic E-state index is 12.1. The Balaban J connectivity index is 1.77. The first kappa shape index (κ1) is 12.7. The van der Waals surface area contributed by atoms with Crippen molar-refractivity contribution < 1.29 is 9.53 Å². The summed E-state index contributed by atoms with van der Waals surface area (Å²) >= 11 is 0. The summed E-state index contributed by atoms with van der Waals surface area (Å²) < 4.78 is 5.71. The van der Waals surface area contributed by atoms with Crippen LogP contribution in [-0.4, -0.2) is 29.4 Å². The molecule has 0 spiro atoms. The van der Waals surface area contributed by atoms with Crippen molar-refractivity contribution in [3.63, 3.8) is 0 Å². The van der Waals surface area contributed by atoms with Gasteiger partial charge in [0.05, 0.1) is 17.5 Å². The second-order valence-corrected chi connectivity index (χ2v) is 4.92. The van der Waals surface area contributed by atoms with Crippen LogP contribution in [0.15, 0.2) is 42.6 Å². The smallest absolute Gasteiger partial charge is 0.255 e. The fourth-order valence-corrected chi connectivity index (χ4v) is 2.26. The second kappa shape index (κ2) is 5.33. The van der Waals surface area contributed by atoms with Gasteiger partial charge in [0.25, 0.3) is 5.91 Å². The molecule has 4 nitrogen and oxygen atoms in total. The molecule has 1 aliphatic rings. The van der Waals surface area contributed by atoms with E-state index in [4.69, 9.17) is 4.74 Å². The highest BCUT2D eigenvalue weighted by atomic mass is 16.5. The van der Waals surface area contributed by atoms with Gasteiger partial charge in [-0.05, 0) is 11.6 Å². The molecule has 0 radical (unpaired) electrons. The van der Waals surface area contributed by atoms with E-state index in [-0.39, 0.29) is 5.91 Å². The van der Waals surface area contributed by atoms with E-state index < -0.39 is 0 Å². The molecule has 0 bridgehead atoms. The summed E-state index contributed by atoms with van der Waals surface area (Å²) in [6, 6.07) is 11.7. The zero-order chi connectivity index (χ0) is 13.9. The number of carbonyl (C=O) groups excluding carboxylic acids is 1. The summed E-state index contributed by atoms with van der Waals surface area (Å²) in [5, 5.41) is 0. The third kappa shape index (κ3) is 2.50. The maximum Gasteiger partial charge on any atom is 0.255 e. The predicted octanol–water partition coefficient (Wildman–Crippen LogP) is 2.29. The SMILES string of the molecule is CN1CCc2ncc(OCc3ccccc3)cc2C1=O. The van der Waals surface area contributed by atoms with Crippen molar-refractivity contribution in [1.82, 2.24) is 9.88 Å². The highest BCUT2D eigenvalue weighted by Gasteiger charge is 2.23. The standard InChI is InChI=1S/C16H16N2O2/c1-18-8-7-15-14(16(18)19)9-13(10-17-15)20-11-12-5-3-2-4-6-12/h2-6,9-10H,7-8,11H2,1H3. The number of likely N-dealkylation sites (N-methyl/N-ethyl adjacent to an activating group) is 1. The summed E-state index contributed by atoms with van der Waals surface area (Å²) in [4.78, 5) is 18.1. The normalized spacial score (nSPS) is 14.1. The van der Waals surface area contributed by atoms with Crippen molar-refractivity contribution in [3.05, 3.63) is 59.4 Å². The third-order valence-electron chi connectivity index (χ3n) is 3.45. The van der Waals surface area contributed by atoms with E-state index in [1.165, 1.54) is 0 Å². The first-order chi connectivity index (χ1) is 9.74. The largest absolute Gasteiger partial charge is 0.487 e. The molecule has 1 amide bonds. The number of pyridine rings is 1. The number of hydrogen-bond donors (Lipinski definition) is 0. The highest BCUT2D eigenvalue weighted by molar-refractivity contribution is 5.96. The van der Waals surface area contributed by atoms with Crippen molar-refractivity contribution in [1.29, 1.82) is 0 Å². The molecule has 0 fully saturated rings. The van der Waals surface area contributed by atoms with Crippen molar-refractivity contribution in [2.24, 2.45) is 0 Å². The second-order valence-electron chi connectivity index (χ2n) is 4.92. The molecule has 1 aromatic carbocycles. The molecule has 2 aromatic rings. The zero-order valence-electron chi connectivity index (χ0n) is 11.4. The number of benzene rings is 1. The average Bonchev–Trinajstić information content (AvgIpc) is 2.50. The van der Waals surface area contributed by atoms with Crippen molar-refractivity contribution in [2.45, 2.75) is 13.0 Å². The van der Waals surface area contributed by atoms with Gasteiger partial charge in [0.15, 0.2) is 0 Å². The van der Waals surface area contributed by atoms with Gasteiger partial charge < -0.3 is 9.64 Å². The van der Waals surface area contributed by atoms with Crippen LogP contribution in [0.4, 0.5) is 0 Å². The summed E-state index contributed by atoms with van der Waals surface area (Å²) in [5.74, 6) is 0.653. The lowest BCUT2D eigenvalue weighted by atomic mass is 10.1. The van der Waals surface area contributed by atoms with E-state index in [0.717, 1.165) is 24.2 Å². The van der Waals surface area contributed by atoms with E-state index in [1.807, 2.05) is 37.4 Å². The summed E-state index contributed by atoms with van der Waals surface area (Å²) in [5.41, 5.74) is 2.61. The molecule has 102 valence electrons. The first-order valence-electron chi connectivity index (χ1n) is 6.65. The van der Waals surface area contributed by atoms with Crippen LogP contribution >= 0.6 is 0 Å². The molecule has 0 saturated carbocycles. The average molecular weight is 268 g/mol. The van der Waals surface area contributed by atoms with E-state index in [0.29, 0.717) is 17.9 Å². The number of aromatic nitrogens is 1. The Kier molecular flexibility index (Phi) is 3.37. The third-order valence-corrected chi connectivity index (χ3v) is 3.45. The lowest BCUT2D eigenvalue weighted by molar-refractivity contribution is 0.0778. The molecular formula is C16H16N2O2. The minimum atomic E-state index is 0.0175. The minimum Gasteiger partial charge on any atom is -0.487 e. The van der Waals surface area contributed by atoms with Crippen molar-refractivity contribution >= 4 is 5.91 Å². The van der Waals surface area contributed by atoms with Gasteiger partial charge in [-0.2, -0.15) is 0 Å². The Morgan fingerprint density at radius 3 is 2.90 bits per heavy atom. The van der Waals surface area contributed by atoms with E-state index in [2.05, 4.69) is 4.98 Å². The molecule has 3 rings (SSSR count). The lowest BCUT2D eigenvalue weighted by Crippen LogP contribution is -2.34. The first-order valence-corrected chi connectivity index (χ1v) is 6.65. The molecule has 1 aromatic heterocycles. The van der Waals surface area contributed by atoms with Crippen LogP contribution in [-0.2, 0) is 13.0 Å². The Hall–Kier alpha value is -2.36. The fraction of sp³-hybridized carbons (Fsp3) is 0.250. The number of hydrogen-bond acceptors (Lipinski definition) is 3. The molecule has 0 atom stereocenters. The maximum atomic E-state index is 12.1. The number of nitrogens with zero attached hydrogens (tertiary/aromatic N) is 2. The van der Waals surface area contributed by atoms with Gasteiger partial charge in [-0.25, -0.2) is 0 Å². The molecule has 20 heavy (non-hydrogen) atoms. The Bertz CT molecular complexity index is 626. The number of fused-ring (bicyclic) bond motifs is 1. The Morgan fingerprint density at radius 2 is 2.10 bits per heavy atom. The molecule has 0 unspecified atom stereocenters. The van der Waals surface area contributed by atoms with Crippen LogP contribution in [0.5, 0.6) is 5.75 Å². The van der Waals surface area contributed by atoms with Crippen LogP contribution in [0.3, 0.4) is 0 Å². The van der Waals surface area contributed by atoms with Gasteiger partial charge in [-0.3, -0.25) is 9.78 Å². The van der Waals surface area contributed by atoms with Gasteiger partial charge in [0, 0.05) is 20.0 Å². The number of rotatable bonds is 3. The molecule has 0 saturated heterocycles. The molecule has 0 N–H and O–H groups in total. The van der Waals surface area contributed by atoms with Crippen LogP contribution in [0, 0.1) is 0 Å². The Morgan fingerprint density at radius 1 is 1.30 bits per heavy atom. The van der Waals surface area contributed by atoms with Crippen LogP contribution in [0.25, 0.3) is 0 Å². The van der Waals surface area contributed by atoms with Gasteiger partial charge in [0.1, 0.15) is 12.4 Å². The van der Waals surface area contributed by atoms with Crippen LogP contribution in [0.1, 0.15) is 21.6 Å². The van der Waals surface area contributed by atoms with E-state index in [9.17, 15) is 4.79 Å². The van der Waals surface area contributed by atoms with E-state index >= 15 is 0 Å². The number of carbonyl (C=O) groups is 1. The summed E-state index contributed by atoms with van der Waals surface area (Å²) in [6.07, 6.45) is 2.50. The molecule has 2 heterocycles.